The molecule has 1 N–H and O–H groups in total. The number of carboxylic acid groups (broad SMARTS) is 1. The molecule has 2 atom stereocenters. The first-order valence-corrected chi connectivity index (χ1v) is 13.2. The van der Waals surface area contributed by atoms with Crippen LogP contribution in [0.25, 0.3) is 0 Å². The highest BCUT2D eigenvalue weighted by atomic mass is 35.5. The Bertz CT molecular complexity index is 1430. The summed E-state index contributed by atoms with van der Waals surface area (Å²) in [6, 6.07) is 13.1. The molecule has 1 fully saturated rings. The summed E-state index contributed by atoms with van der Waals surface area (Å²) in [5.41, 5.74) is 1.42. The summed E-state index contributed by atoms with van der Waals surface area (Å²) in [4.78, 5) is 13.1. The molecule has 36 heavy (non-hydrogen) atoms. The van der Waals surface area contributed by atoms with Crippen LogP contribution < -0.4 is 4.74 Å². The van der Waals surface area contributed by atoms with Crippen LogP contribution in [0.5, 0.6) is 5.75 Å². The van der Waals surface area contributed by atoms with Crippen molar-refractivity contribution < 1.29 is 31.8 Å². The van der Waals surface area contributed by atoms with E-state index in [9.17, 15) is 27.1 Å². The molecule has 1 amide bonds. The van der Waals surface area contributed by atoms with Gasteiger partial charge in [0.25, 0.3) is 0 Å². The van der Waals surface area contributed by atoms with E-state index in [1.54, 1.807) is 24.3 Å². The van der Waals surface area contributed by atoms with Gasteiger partial charge in [0.05, 0.1) is 16.0 Å². The topological polar surface area (TPSA) is 83.9 Å². The Hall–Kier alpha value is -3.17. The molecule has 0 aromatic heterocycles. The van der Waals surface area contributed by atoms with Crippen LogP contribution in [-0.4, -0.2) is 37.1 Å². The summed E-state index contributed by atoms with van der Waals surface area (Å²) in [6.07, 6.45) is -0.382. The molecule has 3 aromatic rings. The Morgan fingerprint density at radius 3 is 2.58 bits per heavy atom. The van der Waals surface area contributed by atoms with E-state index in [1.807, 2.05) is 0 Å². The molecular weight excluding hydrogens is 512 g/mol. The summed E-state index contributed by atoms with van der Waals surface area (Å²) >= 11 is 6.08. The summed E-state index contributed by atoms with van der Waals surface area (Å²) in [5.74, 6) is -0.649. The van der Waals surface area contributed by atoms with Crippen LogP contribution in [0.15, 0.2) is 65.6 Å². The average molecular weight is 534 g/mol. The van der Waals surface area contributed by atoms with Gasteiger partial charge in [0.1, 0.15) is 28.7 Å². The molecule has 0 unspecified atom stereocenters. The first-order chi connectivity index (χ1) is 17.1. The van der Waals surface area contributed by atoms with Crippen molar-refractivity contribution in [2.75, 3.05) is 6.54 Å². The second-order valence-electron chi connectivity index (χ2n) is 8.94. The second kappa shape index (κ2) is 9.05. The van der Waals surface area contributed by atoms with E-state index in [0.717, 1.165) is 12.1 Å². The van der Waals surface area contributed by atoms with E-state index in [0.29, 0.717) is 29.7 Å². The van der Waals surface area contributed by atoms with Crippen LogP contribution in [0.1, 0.15) is 29.5 Å². The third-order valence-electron chi connectivity index (χ3n) is 7.15. The van der Waals surface area contributed by atoms with Crippen molar-refractivity contribution in [2.45, 2.75) is 41.6 Å². The van der Waals surface area contributed by atoms with E-state index < -0.39 is 38.4 Å². The zero-order valence-corrected chi connectivity index (χ0v) is 20.5. The van der Waals surface area contributed by atoms with Crippen molar-refractivity contribution in [3.05, 3.63) is 94.0 Å². The fourth-order valence-corrected chi connectivity index (χ4v) is 8.06. The highest BCUT2D eigenvalue weighted by Gasteiger charge is 2.61. The van der Waals surface area contributed by atoms with Gasteiger partial charge in [-0.25, -0.2) is 22.0 Å². The third-order valence-corrected chi connectivity index (χ3v) is 10.1. The van der Waals surface area contributed by atoms with Crippen LogP contribution in [0.3, 0.4) is 0 Å². The zero-order valence-electron chi connectivity index (χ0n) is 19.0. The Morgan fingerprint density at radius 1 is 1.14 bits per heavy atom. The SMILES string of the molecule is O=C(O)N1CC[C@@]2(S(=O)(=O)c3ccc(F)cc3)c3ccc(OCc4c(F)cccc4Cl)cc3CC[C@@H]12. The average Bonchev–Trinajstić information content (AvgIpc) is 3.26. The number of hydrogen-bond donors (Lipinski definition) is 1. The van der Waals surface area contributed by atoms with Crippen LogP contribution in [0, 0.1) is 11.6 Å². The predicted molar refractivity (Wildman–Crippen MR) is 129 cm³/mol. The quantitative estimate of drug-likeness (QED) is 0.434. The zero-order chi connectivity index (χ0) is 25.7. The Kier molecular flexibility index (Phi) is 6.16. The molecule has 0 bridgehead atoms. The smallest absolute Gasteiger partial charge is 0.407 e. The molecule has 1 aliphatic carbocycles. The van der Waals surface area contributed by atoms with Gasteiger partial charge in [0.15, 0.2) is 9.84 Å². The number of fused-ring (bicyclic) bond motifs is 3. The highest BCUT2D eigenvalue weighted by molar-refractivity contribution is 7.92. The maximum absolute atomic E-state index is 14.1. The van der Waals surface area contributed by atoms with Crippen molar-refractivity contribution in [2.24, 2.45) is 0 Å². The standard InChI is InChI=1S/C26H22ClF2NO5S/c27-22-2-1-3-23(29)20(22)15-35-18-7-10-21-16(14-18)4-11-24-26(21,12-13-30(24)25(31)32)36(33,34)19-8-5-17(28)6-9-19/h1-3,5-10,14,24H,4,11-13,15H2,(H,31,32)/t24-,26-/m1/s1. The summed E-state index contributed by atoms with van der Waals surface area (Å²) < 4.78 is 60.1. The molecule has 6 nitrogen and oxygen atoms in total. The fourth-order valence-electron chi connectivity index (χ4n) is 5.47. The maximum Gasteiger partial charge on any atom is 0.407 e. The summed E-state index contributed by atoms with van der Waals surface area (Å²) in [5, 5.41) is 10.0. The first kappa shape index (κ1) is 24.5. The third kappa shape index (κ3) is 3.81. The lowest BCUT2D eigenvalue weighted by Gasteiger charge is -2.42. The molecule has 0 saturated carbocycles. The molecule has 3 aromatic carbocycles. The minimum Gasteiger partial charge on any atom is -0.489 e. The number of aryl methyl sites for hydroxylation is 1. The number of benzene rings is 3. The van der Waals surface area contributed by atoms with Gasteiger partial charge in [-0.05, 0) is 78.9 Å². The van der Waals surface area contributed by atoms with E-state index >= 15 is 0 Å². The number of nitrogens with zero attached hydrogens (tertiary/aromatic N) is 1. The molecule has 1 aliphatic heterocycles. The van der Waals surface area contributed by atoms with E-state index in [4.69, 9.17) is 16.3 Å². The molecule has 0 radical (unpaired) electrons. The van der Waals surface area contributed by atoms with Gasteiger partial charge >= 0.3 is 6.09 Å². The van der Waals surface area contributed by atoms with Gasteiger partial charge in [0.2, 0.25) is 0 Å². The molecule has 1 saturated heterocycles. The number of carbonyl (C=O) groups is 1. The number of ether oxygens (including phenoxy) is 1. The summed E-state index contributed by atoms with van der Waals surface area (Å²) in [7, 11) is -4.12. The van der Waals surface area contributed by atoms with Gasteiger partial charge in [0, 0.05) is 12.1 Å². The van der Waals surface area contributed by atoms with Crippen LogP contribution in [0.4, 0.5) is 13.6 Å². The van der Waals surface area contributed by atoms with E-state index in [-0.39, 0.29) is 35.1 Å². The van der Waals surface area contributed by atoms with Crippen molar-refractivity contribution in [1.29, 1.82) is 0 Å². The van der Waals surface area contributed by atoms with Gasteiger partial charge < -0.3 is 14.7 Å². The minimum absolute atomic E-state index is 0.0594. The van der Waals surface area contributed by atoms with Crippen LogP contribution in [0.2, 0.25) is 5.02 Å². The van der Waals surface area contributed by atoms with Gasteiger partial charge in [-0.15, -0.1) is 0 Å². The monoisotopic (exact) mass is 533 g/mol. The number of rotatable bonds is 5. The lowest BCUT2D eigenvalue weighted by Crippen LogP contribution is -2.51. The predicted octanol–water partition coefficient (Wildman–Crippen LogP) is 5.56. The molecule has 10 heteroatoms. The highest BCUT2D eigenvalue weighted by Crippen LogP contribution is 2.53. The molecule has 2 aliphatic rings. The van der Waals surface area contributed by atoms with Crippen molar-refractivity contribution in [1.82, 2.24) is 4.90 Å². The largest absolute Gasteiger partial charge is 0.489 e. The minimum atomic E-state index is -4.12. The van der Waals surface area contributed by atoms with Crippen LogP contribution in [-0.2, 0) is 27.6 Å². The number of halogens is 3. The Morgan fingerprint density at radius 2 is 1.89 bits per heavy atom. The van der Waals surface area contributed by atoms with Gasteiger partial charge in [-0.1, -0.05) is 23.7 Å². The fraction of sp³-hybridized carbons (Fsp3) is 0.269. The summed E-state index contributed by atoms with van der Waals surface area (Å²) in [6.45, 7) is -0.0529. The lowest BCUT2D eigenvalue weighted by molar-refractivity contribution is 0.132. The number of sulfone groups is 1. The van der Waals surface area contributed by atoms with Crippen molar-refractivity contribution in [3.8, 4) is 5.75 Å². The number of hydrogen-bond acceptors (Lipinski definition) is 4. The van der Waals surface area contributed by atoms with Crippen LogP contribution >= 0.6 is 11.6 Å². The molecule has 5 rings (SSSR count). The van der Waals surface area contributed by atoms with Crippen molar-refractivity contribution >= 4 is 27.5 Å². The Balaban J connectivity index is 1.56. The van der Waals surface area contributed by atoms with Gasteiger partial charge in [-0.2, -0.15) is 0 Å². The number of likely N-dealkylation sites (tertiary alicyclic amines) is 1. The molecule has 188 valence electrons. The second-order valence-corrected chi connectivity index (χ2v) is 11.5. The van der Waals surface area contributed by atoms with E-state index in [2.05, 4.69) is 0 Å². The van der Waals surface area contributed by atoms with Crippen molar-refractivity contribution in [3.63, 3.8) is 0 Å². The lowest BCUT2D eigenvalue weighted by atomic mass is 9.78. The van der Waals surface area contributed by atoms with Gasteiger partial charge in [-0.3, -0.25) is 0 Å². The first-order valence-electron chi connectivity index (χ1n) is 11.3. The molecular formula is C26H22ClF2NO5S. The molecule has 1 heterocycles. The van der Waals surface area contributed by atoms with E-state index in [1.165, 1.54) is 29.2 Å². The maximum atomic E-state index is 14.1. The number of amides is 1. The Labute approximate surface area is 212 Å². The normalized spacial score (nSPS) is 21.1. The molecule has 0 spiro atoms.